The fraction of sp³-hybridized carbons (Fsp3) is 0.600. The highest BCUT2D eigenvalue weighted by Gasteiger charge is 2.30. The highest BCUT2D eigenvalue weighted by molar-refractivity contribution is 7.20. The van der Waals surface area contributed by atoms with Crippen LogP contribution in [0.4, 0.5) is 4.79 Å². The molecule has 2 heterocycles. The number of carbonyl (C=O) groups excluding carboxylic acids is 1. The van der Waals surface area contributed by atoms with Gasteiger partial charge in [0.2, 0.25) is 0 Å². The summed E-state index contributed by atoms with van der Waals surface area (Å²) in [4.78, 5) is 39.2. The van der Waals surface area contributed by atoms with E-state index in [1.807, 2.05) is 6.92 Å². The van der Waals surface area contributed by atoms with Crippen molar-refractivity contribution in [2.75, 3.05) is 0 Å². The predicted molar refractivity (Wildman–Crippen MR) is 115 cm³/mol. The number of hydrogen-bond donors (Lipinski definition) is 1. The van der Waals surface area contributed by atoms with Crippen molar-refractivity contribution in [1.82, 2.24) is 14.6 Å². The standard InChI is InChI=1S/C20H28N4O4S/c1-6-7-10-23-17-15(16(25)24(19(23)27)13-8-9-13)12(2)14(29-17)11-21-22-18(26)28-20(3,4)5/h11,13H,6-10H2,1-5H3,(H,22,26). The van der Waals surface area contributed by atoms with E-state index in [1.54, 1.807) is 25.3 Å². The van der Waals surface area contributed by atoms with E-state index in [-0.39, 0.29) is 17.3 Å². The van der Waals surface area contributed by atoms with Crippen LogP contribution < -0.4 is 16.7 Å². The van der Waals surface area contributed by atoms with Gasteiger partial charge in [0.1, 0.15) is 10.4 Å². The molecule has 29 heavy (non-hydrogen) atoms. The molecule has 158 valence electrons. The van der Waals surface area contributed by atoms with Crippen molar-refractivity contribution < 1.29 is 9.53 Å². The number of unbranched alkanes of at least 4 members (excludes halogenated alkanes) is 1. The SMILES string of the molecule is CCCCn1c(=O)n(C2CC2)c(=O)c2c(C)c(C=NNC(=O)OC(C)(C)C)sc21. The van der Waals surface area contributed by atoms with Gasteiger partial charge in [0.15, 0.2) is 0 Å². The van der Waals surface area contributed by atoms with Gasteiger partial charge in [0, 0.05) is 12.6 Å². The Labute approximate surface area is 173 Å². The number of hydrogen-bond acceptors (Lipinski definition) is 6. The van der Waals surface area contributed by atoms with E-state index in [2.05, 4.69) is 17.5 Å². The van der Waals surface area contributed by atoms with E-state index in [0.717, 1.165) is 36.1 Å². The lowest BCUT2D eigenvalue weighted by molar-refractivity contribution is 0.0529. The maximum Gasteiger partial charge on any atom is 0.428 e. The third-order valence-electron chi connectivity index (χ3n) is 4.66. The van der Waals surface area contributed by atoms with Crippen LogP contribution in [0.25, 0.3) is 10.2 Å². The molecule has 1 aliphatic carbocycles. The van der Waals surface area contributed by atoms with Crippen LogP contribution >= 0.6 is 11.3 Å². The third kappa shape index (κ3) is 4.60. The first kappa shape index (κ1) is 21.3. The number of nitrogens with one attached hydrogen (secondary N) is 1. The maximum atomic E-state index is 13.1. The Balaban J connectivity index is 2.00. The van der Waals surface area contributed by atoms with Gasteiger partial charge in [-0.15, -0.1) is 11.3 Å². The van der Waals surface area contributed by atoms with Gasteiger partial charge in [-0.3, -0.25) is 13.9 Å². The quantitative estimate of drug-likeness (QED) is 0.571. The van der Waals surface area contributed by atoms with Crippen LogP contribution in [0.5, 0.6) is 0 Å². The van der Waals surface area contributed by atoms with Crippen molar-refractivity contribution in [1.29, 1.82) is 0 Å². The second-order valence-electron chi connectivity index (χ2n) is 8.34. The Bertz CT molecular complexity index is 1070. The summed E-state index contributed by atoms with van der Waals surface area (Å²) in [7, 11) is 0. The lowest BCUT2D eigenvalue weighted by atomic mass is 10.2. The Kier molecular flexibility index (Phi) is 5.97. The number of fused-ring (bicyclic) bond motifs is 1. The number of carbonyl (C=O) groups is 1. The molecule has 8 nitrogen and oxygen atoms in total. The first-order valence-electron chi connectivity index (χ1n) is 9.94. The largest absolute Gasteiger partial charge is 0.443 e. The molecule has 0 spiro atoms. The van der Waals surface area contributed by atoms with Crippen molar-refractivity contribution in [3.63, 3.8) is 0 Å². The average Bonchev–Trinajstić information content (AvgIpc) is 3.38. The number of ether oxygens (including phenoxy) is 1. The summed E-state index contributed by atoms with van der Waals surface area (Å²) >= 11 is 1.34. The van der Waals surface area contributed by atoms with Crippen molar-refractivity contribution in [2.24, 2.45) is 5.10 Å². The molecule has 1 saturated carbocycles. The predicted octanol–water partition coefficient (Wildman–Crippen LogP) is 3.53. The number of thiophene rings is 1. The molecule has 3 rings (SSSR count). The van der Waals surface area contributed by atoms with Gasteiger partial charge in [0.05, 0.1) is 16.5 Å². The molecular weight excluding hydrogens is 392 g/mol. The summed E-state index contributed by atoms with van der Waals surface area (Å²) in [6.45, 7) is 9.80. The highest BCUT2D eigenvalue weighted by atomic mass is 32.1. The molecule has 1 N–H and O–H groups in total. The smallest absolute Gasteiger partial charge is 0.428 e. The van der Waals surface area contributed by atoms with E-state index in [0.29, 0.717) is 16.8 Å². The molecule has 9 heteroatoms. The van der Waals surface area contributed by atoms with Gasteiger partial charge in [-0.1, -0.05) is 13.3 Å². The van der Waals surface area contributed by atoms with Crippen LogP contribution in [0.3, 0.4) is 0 Å². The molecule has 2 aromatic heterocycles. The molecule has 0 saturated heterocycles. The molecule has 0 atom stereocenters. The van der Waals surface area contributed by atoms with Gasteiger partial charge >= 0.3 is 11.8 Å². The molecule has 1 fully saturated rings. The van der Waals surface area contributed by atoms with Crippen LogP contribution in [0, 0.1) is 6.92 Å². The summed E-state index contributed by atoms with van der Waals surface area (Å²) < 4.78 is 8.28. The number of hydrazone groups is 1. The average molecular weight is 421 g/mol. The first-order valence-corrected chi connectivity index (χ1v) is 10.8. The fourth-order valence-electron chi connectivity index (χ4n) is 3.12. The Morgan fingerprint density at radius 3 is 2.62 bits per heavy atom. The number of rotatable bonds is 6. The maximum absolute atomic E-state index is 13.1. The van der Waals surface area contributed by atoms with E-state index in [9.17, 15) is 14.4 Å². The van der Waals surface area contributed by atoms with E-state index in [1.165, 1.54) is 22.1 Å². The number of aromatic nitrogens is 2. The van der Waals surface area contributed by atoms with Crippen LogP contribution in [0.2, 0.25) is 0 Å². The monoisotopic (exact) mass is 420 g/mol. The number of aryl methyl sites for hydroxylation is 2. The zero-order valence-corrected chi connectivity index (χ0v) is 18.4. The van der Waals surface area contributed by atoms with E-state index in [4.69, 9.17) is 4.74 Å². The van der Waals surface area contributed by atoms with Crippen LogP contribution in [-0.2, 0) is 11.3 Å². The number of amides is 1. The molecule has 2 aromatic rings. The molecule has 0 bridgehead atoms. The number of nitrogens with zero attached hydrogens (tertiary/aromatic N) is 3. The van der Waals surface area contributed by atoms with Crippen molar-refractivity contribution >= 4 is 33.9 Å². The van der Waals surface area contributed by atoms with E-state index < -0.39 is 11.7 Å². The topological polar surface area (TPSA) is 94.7 Å². The minimum atomic E-state index is -0.650. The molecule has 0 aromatic carbocycles. The Morgan fingerprint density at radius 1 is 1.34 bits per heavy atom. The summed E-state index contributed by atoms with van der Waals surface area (Å²) in [6.07, 6.45) is 4.40. The molecule has 1 aliphatic rings. The molecule has 0 unspecified atom stereocenters. The second-order valence-corrected chi connectivity index (χ2v) is 9.37. The van der Waals surface area contributed by atoms with Gasteiger partial charge in [0.25, 0.3) is 5.56 Å². The Morgan fingerprint density at radius 2 is 2.03 bits per heavy atom. The highest BCUT2D eigenvalue weighted by Crippen LogP contribution is 2.34. The van der Waals surface area contributed by atoms with Crippen LogP contribution in [-0.4, -0.2) is 27.0 Å². The van der Waals surface area contributed by atoms with E-state index >= 15 is 0 Å². The fourth-order valence-corrected chi connectivity index (χ4v) is 4.31. The normalized spacial score (nSPS) is 14.7. The minimum absolute atomic E-state index is 0.0116. The second kappa shape index (κ2) is 8.14. The van der Waals surface area contributed by atoms with Crippen molar-refractivity contribution in [2.45, 2.75) is 78.5 Å². The van der Waals surface area contributed by atoms with Crippen molar-refractivity contribution in [3.05, 3.63) is 31.3 Å². The summed E-state index contributed by atoms with van der Waals surface area (Å²) in [6, 6.07) is 0.0116. The third-order valence-corrected chi connectivity index (χ3v) is 5.91. The summed E-state index contributed by atoms with van der Waals surface area (Å²) in [5.74, 6) is 0. The molecular formula is C20H28N4O4S. The zero-order chi connectivity index (χ0) is 21.3. The van der Waals surface area contributed by atoms with Gasteiger partial charge in [-0.05, 0) is 52.5 Å². The van der Waals surface area contributed by atoms with Crippen LogP contribution in [0.15, 0.2) is 14.7 Å². The van der Waals surface area contributed by atoms with Crippen molar-refractivity contribution in [3.8, 4) is 0 Å². The molecule has 0 aliphatic heterocycles. The Hall–Kier alpha value is -2.42. The van der Waals surface area contributed by atoms with Gasteiger partial charge < -0.3 is 4.74 Å². The molecule has 1 amide bonds. The zero-order valence-electron chi connectivity index (χ0n) is 17.6. The lowest BCUT2D eigenvalue weighted by Crippen LogP contribution is -2.39. The van der Waals surface area contributed by atoms with Gasteiger partial charge in [-0.2, -0.15) is 5.10 Å². The molecule has 0 radical (unpaired) electrons. The van der Waals surface area contributed by atoms with Crippen LogP contribution in [0.1, 0.15) is 69.9 Å². The summed E-state index contributed by atoms with van der Waals surface area (Å²) in [5.41, 5.74) is 2.04. The van der Waals surface area contributed by atoms with Gasteiger partial charge in [-0.25, -0.2) is 15.0 Å². The summed E-state index contributed by atoms with van der Waals surface area (Å²) in [5, 5.41) is 4.53. The lowest BCUT2D eigenvalue weighted by Gasteiger charge is -2.18. The first-order chi connectivity index (χ1) is 13.6. The minimum Gasteiger partial charge on any atom is -0.443 e.